The minimum Gasteiger partial charge on any atom is -0.307 e. The van der Waals surface area contributed by atoms with Crippen molar-refractivity contribution in [2.45, 2.75) is 46.2 Å². The zero-order valence-electron chi connectivity index (χ0n) is 10.3. The lowest BCUT2D eigenvalue weighted by atomic mass is 9.99. The molecule has 0 saturated heterocycles. The lowest BCUT2D eigenvalue weighted by Gasteiger charge is -2.25. The molecule has 1 nitrogen and oxygen atoms in total. The average Bonchev–Trinajstić information content (AvgIpc) is 2.26. The highest BCUT2D eigenvalue weighted by Crippen LogP contribution is 2.15. The topological polar surface area (TPSA) is 12.0 Å². The molecular formula is C14H23N. The quantitative estimate of drug-likeness (QED) is 0.771. The van der Waals surface area contributed by atoms with Gasteiger partial charge in [0.1, 0.15) is 0 Å². The third kappa shape index (κ3) is 3.67. The second kappa shape index (κ2) is 5.92. The number of nitrogens with one attached hydrogen (secondary N) is 1. The van der Waals surface area contributed by atoms with E-state index in [9.17, 15) is 0 Å². The number of hydrogen-bond acceptors (Lipinski definition) is 1. The third-order valence-electron chi connectivity index (χ3n) is 3.01. The summed E-state index contributed by atoms with van der Waals surface area (Å²) in [6.45, 7) is 9.04. The van der Waals surface area contributed by atoms with E-state index in [1.807, 2.05) is 0 Å². The minimum absolute atomic E-state index is 0.443. The summed E-state index contributed by atoms with van der Waals surface area (Å²) < 4.78 is 0. The van der Waals surface area contributed by atoms with Gasteiger partial charge in [0, 0.05) is 12.1 Å². The molecule has 0 radical (unpaired) electrons. The van der Waals surface area contributed by atoms with E-state index < -0.39 is 0 Å². The molecule has 0 heterocycles. The van der Waals surface area contributed by atoms with Gasteiger partial charge < -0.3 is 5.32 Å². The van der Waals surface area contributed by atoms with Crippen LogP contribution >= 0.6 is 0 Å². The fourth-order valence-electron chi connectivity index (χ4n) is 1.94. The van der Waals surface area contributed by atoms with Gasteiger partial charge in [0.15, 0.2) is 0 Å². The molecule has 0 aliphatic carbocycles. The van der Waals surface area contributed by atoms with Crippen molar-refractivity contribution in [1.29, 1.82) is 0 Å². The van der Waals surface area contributed by atoms with Crippen LogP contribution in [0.3, 0.4) is 0 Å². The van der Waals surface area contributed by atoms with Gasteiger partial charge in [-0.15, -0.1) is 0 Å². The molecule has 0 aromatic heterocycles. The van der Waals surface area contributed by atoms with E-state index in [0.29, 0.717) is 18.0 Å². The molecule has 0 unspecified atom stereocenters. The highest BCUT2D eigenvalue weighted by atomic mass is 14.9. The van der Waals surface area contributed by atoms with E-state index >= 15 is 0 Å². The van der Waals surface area contributed by atoms with Crippen LogP contribution in [0.1, 0.15) is 45.7 Å². The second-order valence-electron chi connectivity index (χ2n) is 4.56. The van der Waals surface area contributed by atoms with Crippen molar-refractivity contribution < 1.29 is 0 Å². The molecule has 0 fully saturated rings. The standard InChI is InChI=1S/C14H23N/c1-5-14(11(2)3)15-12(4)13-9-7-6-8-10-13/h6-12,14-15H,5H2,1-4H3/t12-,14-/m0/s1. The number of benzene rings is 1. The van der Waals surface area contributed by atoms with Crippen molar-refractivity contribution in [2.24, 2.45) is 5.92 Å². The maximum Gasteiger partial charge on any atom is 0.0294 e. The largest absolute Gasteiger partial charge is 0.307 e. The first-order valence-corrected chi connectivity index (χ1v) is 5.96. The van der Waals surface area contributed by atoms with Crippen molar-refractivity contribution >= 4 is 0 Å². The van der Waals surface area contributed by atoms with Gasteiger partial charge in [0.2, 0.25) is 0 Å². The Labute approximate surface area is 93.9 Å². The Balaban J connectivity index is 2.58. The molecule has 0 saturated carbocycles. The minimum atomic E-state index is 0.443. The van der Waals surface area contributed by atoms with Crippen LogP contribution in [0.4, 0.5) is 0 Å². The molecule has 1 aromatic carbocycles. The summed E-state index contributed by atoms with van der Waals surface area (Å²) in [6, 6.07) is 11.7. The first-order valence-electron chi connectivity index (χ1n) is 5.96. The molecule has 15 heavy (non-hydrogen) atoms. The van der Waals surface area contributed by atoms with Gasteiger partial charge in [-0.1, -0.05) is 51.1 Å². The van der Waals surface area contributed by atoms with E-state index in [1.165, 1.54) is 12.0 Å². The Morgan fingerprint density at radius 2 is 1.67 bits per heavy atom. The summed E-state index contributed by atoms with van der Waals surface area (Å²) >= 11 is 0. The van der Waals surface area contributed by atoms with E-state index in [2.05, 4.69) is 63.3 Å². The van der Waals surface area contributed by atoms with Gasteiger partial charge in [-0.2, -0.15) is 0 Å². The van der Waals surface area contributed by atoms with Gasteiger partial charge >= 0.3 is 0 Å². The van der Waals surface area contributed by atoms with Gasteiger partial charge in [0.05, 0.1) is 0 Å². The van der Waals surface area contributed by atoms with Crippen molar-refractivity contribution in [3.8, 4) is 0 Å². The van der Waals surface area contributed by atoms with Crippen LogP contribution in [-0.4, -0.2) is 6.04 Å². The maximum atomic E-state index is 3.68. The van der Waals surface area contributed by atoms with Gasteiger partial charge in [-0.05, 0) is 24.8 Å². The Hall–Kier alpha value is -0.820. The molecular weight excluding hydrogens is 182 g/mol. The van der Waals surface area contributed by atoms with Gasteiger partial charge in [0.25, 0.3) is 0 Å². The maximum absolute atomic E-state index is 3.68. The Morgan fingerprint density at radius 1 is 1.07 bits per heavy atom. The molecule has 1 N–H and O–H groups in total. The molecule has 0 bridgehead atoms. The lowest BCUT2D eigenvalue weighted by molar-refractivity contribution is 0.356. The monoisotopic (exact) mass is 205 g/mol. The normalized spacial score (nSPS) is 15.3. The second-order valence-corrected chi connectivity index (χ2v) is 4.56. The summed E-state index contributed by atoms with van der Waals surface area (Å²) in [6.07, 6.45) is 1.19. The van der Waals surface area contributed by atoms with E-state index in [1.54, 1.807) is 0 Å². The molecule has 0 spiro atoms. The molecule has 1 heteroatoms. The smallest absolute Gasteiger partial charge is 0.0294 e. The van der Waals surface area contributed by atoms with Gasteiger partial charge in [-0.25, -0.2) is 0 Å². The first kappa shape index (κ1) is 12.3. The van der Waals surface area contributed by atoms with Crippen molar-refractivity contribution in [2.75, 3.05) is 0 Å². The Morgan fingerprint density at radius 3 is 2.13 bits per heavy atom. The summed E-state index contributed by atoms with van der Waals surface area (Å²) in [5.74, 6) is 0.696. The number of rotatable bonds is 5. The highest BCUT2D eigenvalue weighted by molar-refractivity contribution is 5.18. The van der Waals surface area contributed by atoms with Crippen LogP contribution in [0.15, 0.2) is 30.3 Å². The lowest BCUT2D eigenvalue weighted by Crippen LogP contribution is -2.35. The predicted octanol–water partition coefficient (Wildman–Crippen LogP) is 3.77. The van der Waals surface area contributed by atoms with Gasteiger partial charge in [-0.3, -0.25) is 0 Å². The zero-order valence-corrected chi connectivity index (χ0v) is 10.3. The molecule has 1 aromatic rings. The highest BCUT2D eigenvalue weighted by Gasteiger charge is 2.14. The van der Waals surface area contributed by atoms with E-state index in [4.69, 9.17) is 0 Å². The van der Waals surface area contributed by atoms with Crippen LogP contribution in [0.2, 0.25) is 0 Å². The number of hydrogen-bond donors (Lipinski definition) is 1. The summed E-state index contributed by atoms with van der Waals surface area (Å²) in [7, 11) is 0. The Kier molecular flexibility index (Phi) is 4.83. The van der Waals surface area contributed by atoms with E-state index in [-0.39, 0.29) is 0 Å². The van der Waals surface area contributed by atoms with Crippen LogP contribution in [0, 0.1) is 5.92 Å². The van der Waals surface area contributed by atoms with Crippen LogP contribution in [-0.2, 0) is 0 Å². The molecule has 0 aliphatic rings. The van der Waals surface area contributed by atoms with Crippen LogP contribution < -0.4 is 5.32 Å². The zero-order chi connectivity index (χ0) is 11.3. The first-order chi connectivity index (χ1) is 7.15. The van der Waals surface area contributed by atoms with E-state index in [0.717, 1.165) is 0 Å². The SMILES string of the molecule is CC[C@H](N[C@@H](C)c1ccccc1)C(C)C. The molecule has 1 rings (SSSR count). The fourth-order valence-corrected chi connectivity index (χ4v) is 1.94. The van der Waals surface area contributed by atoms with Crippen LogP contribution in [0.25, 0.3) is 0 Å². The molecule has 0 amide bonds. The molecule has 2 atom stereocenters. The summed E-state index contributed by atoms with van der Waals surface area (Å²) in [4.78, 5) is 0. The van der Waals surface area contributed by atoms with Crippen molar-refractivity contribution in [3.63, 3.8) is 0 Å². The molecule has 84 valence electrons. The Bertz CT molecular complexity index is 266. The van der Waals surface area contributed by atoms with Crippen LogP contribution in [0.5, 0.6) is 0 Å². The van der Waals surface area contributed by atoms with Crippen molar-refractivity contribution in [3.05, 3.63) is 35.9 Å². The molecule has 0 aliphatic heterocycles. The third-order valence-corrected chi connectivity index (χ3v) is 3.01. The average molecular weight is 205 g/mol. The summed E-state index contributed by atoms with van der Waals surface area (Å²) in [5.41, 5.74) is 1.37. The van der Waals surface area contributed by atoms with Crippen molar-refractivity contribution in [1.82, 2.24) is 5.32 Å². The summed E-state index contributed by atoms with van der Waals surface area (Å²) in [5, 5.41) is 3.68. The predicted molar refractivity (Wildman–Crippen MR) is 66.9 cm³/mol. The fraction of sp³-hybridized carbons (Fsp3) is 0.571.